The maximum absolute atomic E-state index is 11.9. The van der Waals surface area contributed by atoms with Crippen molar-refractivity contribution < 1.29 is 13.5 Å². The van der Waals surface area contributed by atoms with Crippen molar-refractivity contribution in [3.8, 4) is 11.4 Å². The minimum atomic E-state index is -2.46. The number of pyridine rings is 1. The Kier molecular flexibility index (Phi) is 4.69. The molecule has 0 aliphatic carbocycles. The van der Waals surface area contributed by atoms with E-state index in [1.165, 1.54) is 0 Å². The zero-order valence-corrected chi connectivity index (χ0v) is 10.7. The summed E-state index contributed by atoms with van der Waals surface area (Å²) in [6.45, 7) is -0.0638. The van der Waals surface area contributed by atoms with Crippen molar-refractivity contribution in [3.63, 3.8) is 0 Å². The molecule has 102 valence electrons. The van der Waals surface area contributed by atoms with Crippen molar-refractivity contribution in [2.75, 3.05) is 13.2 Å². The van der Waals surface area contributed by atoms with Crippen LogP contribution >= 0.6 is 12.2 Å². The normalized spacial score (nSPS) is 11.1. The highest BCUT2D eigenvalue weighted by Crippen LogP contribution is 2.15. The van der Waals surface area contributed by atoms with Gasteiger partial charge in [-0.05, 0) is 24.4 Å². The van der Waals surface area contributed by atoms with Gasteiger partial charge in [0.2, 0.25) is 0 Å². The number of halogens is 2. The van der Waals surface area contributed by atoms with Crippen LogP contribution in [0.1, 0.15) is 0 Å². The lowest BCUT2D eigenvalue weighted by molar-refractivity contribution is 0.0148. The number of aromatic nitrogens is 4. The fraction of sp³-hybridized carbons (Fsp3) is 0.364. The second-order valence-electron chi connectivity index (χ2n) is 3.71. The molecule has 0 aliphatic rings. The number of nitrogens with zero attached hydrogens (tertiary/aromatic N) is 3. The molecule has 1 N–H and O–H groups in total. The number of rotatable bonds is 6. The van der Waals surface area contributed by atoms with E-state index >= 15 is 0 Å². The van der Waals surface area contributed by atoms with Gasteiger partial charge >= 0.3 is 0 Å². The summed E-state index contributed by atoms with van der Waals surface area (Å²) in [6, 6.07) is 3.59. The Bertz CT molecular complexity index is 570. The third-order valence-electron chi connectivity index (χ3n) is 2.40. The molecule has 0 unspecified atom stereocenters. The van der Waals surface area contributed by atoms with Crippen molar-refractivity contribution in [1.82, 2.24) is 19.7 Å². The van der Waals surface area contributed by atoms with Gasteiger partial charge in [0.05, 0.1) is 13.2 Å². The van der Waals surface area contributed by atoms with Gasteiger partial charge in [0.15, 0.2) is 10.6 Å². The Hall–Kier alpha value is -1.67. The molecule has 0 aromatic carbocycles. The van der Waals surface area contributed by atoms with Gasteiger partial charge in [-0.2, -0.15) is 5.10 Å². The van der Waals surface area contributed by atoms with E-state index in [1.807, 2.05) is 0 Å². The first-order valence-electron chi connectivity index (χ1n) is 5.60. The van der Waals surface area contributed by atoms with Crippen LogP contribution in [0.3, 0.4) is 0 Å². The minimum absolute atomic E-state index is 0.149. The first-order chi connectivity index (χ1) is 9.18. The number of nitrogens with one attached hydrogen (secondary N) is 1. The lowest BCUT2D eigenvalue weighted by Crippen LogP contribution is -2.11. The van der Waals surface area contributed by atoms with Gasteiger partial charge < -0.3 is 4.74 Å². The lowest BCUT2D eigenvalue weighted by Gasteiger charge is -2.07. The molecule has 2 aromatic heterocycles. The van der Waals surface area contributed by atoms with Crippen LogP contribution in [-0.4, -0.2) is 39.4 Å². The molecule has 2 rings (SSSR count). The van der Waals surface area contributed by atoms with Gasteiger partial charge in [0, 0.05) is 18.0 Å². The number of H-pyrrole nitrogens is 1. The Morgan fingerprint density at radius 2 is 2.11 bits per heavy atom. The van der Waals surface area contributed by atoms with Gasteiger partial charge in [0.1, 0.15) is 6.61 Å². The monoisotopic (exact) mass is 286 g/mol. The third-order valence-corrected chi connectivity index (χ3v) is 2.71. The predicted molar refractivity (Wildman–Crippen MR) is 67.5 cm³/mol. The van der Waals surface area contributed by atoms with Crippen LogP contribution in [0, 0.1) is 4.77 Å². The highest BCUT2D eigenvalue weighted by Gasteiger charge is 2.09. The van der Waals surface area contributed by atoms with Crippen molar-refractivity contribution in [2.45, 2.75) is 13.0 Å². The van der Waals surface area contributed by atoms with Gasteiger partial charge in [-0.15, -0.1) is 0 Å². The number of ether oxygens (including phenoxy) is 1. The fourth-order valence-corrected chi connectivity index (χ4v) is 1.80. The van der Waals surface area contributed by atoms with E-state index in [9.17, 15) is 8.78 Å². The summed E-state index contributed by atoms with van der Waals surface area (Å²) >= 11 is 5.10. The molecule has 19 heavy (non-hydrogen) atoms. The Labute approximate surface area is 113 Å². The maximum Gasteiger partial charge on any atom is 0.261 e. The molecule has 0 aliphatic heterocycles. The summed E-state index contributed by atoms with van der Waals surface area (Å²) in [5.41, 5.74) is 0.844. The molecule has 5 nitrogen and oxygen atoms in total. The SMILES string of the molecule is FC(F)COCCn1c(-c2ccncc2)n[nH]c1=S. The number of alkyl halides is 2. The molecule has 0 radical (unpaired) electrons. The van der Waals surface area contributed by atoms with Gasteiger partial charge in [-0.1, -0.05) is 0 Å². The minimum Gasteiger partial charge on any atom is -0.374 e. The molecule has 2 aromatic rings. The fourth-order valence-electron chi connectivity index (χ4n) is 1.57. The van der Waals surface area contributed by atoms with Crippen molar-refractivity contribution in [1.29, 1.82) is 0 Å². The summed E-state index contributed by atoms with van der Waals surface area (Å²) in [4.78, 5) is 3.92. The molecule has 0 saturated carbocycles. The molecule has 0 fully saturated rings. The molecule has 0 bridgehead atoms. The molecule has 0 amide bonds. The number of aromatic amines is 1. The number of hydrogen-bond donors (Lipinski definition) is 1. The molecule has 2 heterocycles. The summed E-state index contributed by atoms with van der Waals surface area (Å²) in [5, 5.41) is 6.79. The zero-order chi connectivity index (χ0) is 13.7. The van der Waals surface area contributed by atoms with Crippen LogP contribution in [0.15, 0.2) is 24.5 Å². The molecular weight excluding hydrogens is 274 g/mol. The Morgan fingerprint density at radius 3 is 2.79 bits per heavy atom. The molecular formula is C11H12F2N4OS. The summed E-state index contributed by atoms with van der Waals surface area (Å²) < 4.78 is 30.9. The predicted octanol–water partition coefficient (Wildman–Crippen LogP) is 2.28. The molecule has 0 saturated heterocycles. The van der Waals surface area contributed by atoms with E-state index in [1.54, 1.807) is 29.1 Å². The van der Waals surface area contributed by atoms with Gasteiger partial charge in [-0.3, -0.25) is 14.6 Å². The summed E-state index contributed by atoms with van der Waals surface area (Å²) in [6.07, 6.45) is 0.826. The Balaban J connectivity index is 2.08. The highest BCUT2D eigenvalue weighted by molar-refractivity contribution is 7.71. The van der Waals surface area contributed by atoms with Crippen LogP contribution in [0.2, 0.25) is 0 Å². The van der Waals surface area contributed by atoms with Crippen LogP contribution in [0.5, 0.6) is 0 Å². The maximum atomic E-state index is 11.9. The van der Waals surface area contributed by atoms with E-state index in [4.69, 9.17) is 17.0 Å². The largest absolute Gasteiger partial charge is 0.374 e. The van der Waals surface area contributed by atoms with E-state index in [0.717, 1.165) is 5.56 Å². The van der Waals surface area contributed by atoms with Crippen LogP contribution < -0.4 is 0 Å². The van der Waals surface area contributed by atoms with E-state index in [-0.39, 0.29) is 6.61 Å². The van der Waals surface area contributed by atoms with Crippen molar-refractivity contribution >= 4 is 12.2 Å². The van der Waals surface area contributed by atoms with Crippen LogP contribution in [-0.2, 0) is 11.3 Å². The smallest absolute Gasteiger partial charge is 0.261 e. The van der Waals surface area contributed by atoms with E-state index in [0.29, 0.717) is 17.1 Å². The van der Waals surface area contributed by atoms with Crippen LogP contribution in [0.25, 0.3) is 11.4 Å². The van der Waals surface area contributed by atoms with E-state index in [2.05, 4.69) is 15.2 Å². The quantitative estimate of drug-likeness (QED) is 0.654. The third kappa shape index (κ3) is 3.65. The van der Waals surface area contributed by atoms with Gasteiger partial charge in [0.25, 0.3) is 6.43 Å². The first-order valence-corrected chi connectivity index (χ1v) is 6.01. The zero-order valence-electron chi connectivity index (χ0n) is 9.92. The average molecular weight is 286 g/mol. The molecule has 8 heteroatoms. The Morgan fingerprint density at radius 1 is 1.37 bits per heavy atom. The summed E-state index contributed by atoms with van der Waals surface area (Å²) in [5.74, 6) is 0.632. The summed E-state index contributed by atoms with van der Waals surface area (Å²) in [7, 11) is 0. The molecule has 0 atom stereocenters. The average Bonchev–Trinajstić information content (AvgIpc) is 2.77. The van der Waals surface area contributed by atoms with Crippen molar-refractivity contribution in [3.05, 3.63) is 29.3 Å². The second-order valence-corrected chi connectivity index (χ2v) is 4.09. The highest BCUT2D eigenvalue weighted by atomic mass is 32.1. The second kappa shape index (κ2) is 6.48. The first kappa shape index (κ1) is 13.8. The van der Waals surface area contributed by atoms with Gasteiger partial charge in [-0.25, -0.2) is 8.78 Å². The lowest BCUT2D eigenvalue weighted by atomic mass is 10.2. The van der Waals surface area contributed by atoms with E-state index < -0.39 is 13.0 Å². The van der Waals surface area contributed by atoms with Crippen LogP contribution in [0.4, 0.5) is 8.78 Å². The van der Waals surface area contributed by atoms with Crippen molar-refractivity contribution in [2.24, 2.45) is 0 Å². The molecule has 0 spiro atoms. The standard InChI is InChI=1S/C11H12F2N4OS/c12-9(13)7-18-6-5-17-10(15-16-11(17)19)8-1-3-14-4-2-8/h1-4,9H,5-7H2,(H,16,19). The number of hydrogen-bond acceptors (Lipinski definition) is 4. The topological polar surface area (TPSA) is 55.7 Å².